The molecule has 4 aliphatic carbocycles. The summed E-state index contributed by atoms with van der Waals surface area (Å²) in [5.41, 5.74) is 0.0832. The second-order valence-corrected chi connectivity index (χ2v) is 9.50. The summed E-state index contributed by atoms with van der Waals surface area (Å²) in [4.78, 5) is 0. The van der Waals surface area contributed by atoms with Crippen LogP contribution in [0.4, 0.5) is 0 Å². The number of ether oxygens (including phenoxy) is 3. The number of rotatable bonds is 2. The van der Waals surface area contributed by atoms with Crippen LogP contribution in [0.1, 0.15) is 58.3 Å². The molecule has 0 spiro atoms. The lowest BCUT2D eigenvalue weighted by atomic mass is 9.53. The van der Waals surface area contributed by atoms with Crippen LogP contribution >= 0.6 is 0 Å². The Hall–Kier alpha value is -0.860. The molecule has 4 nitrogen and oxygen atoms in total. The van der Waals surface area contributed by atoms with Gasteiger partial charge in [0.05, 0.1) is 0 Å². The zero-order chi connectivity index (χ0) is 18.4. The van der Waals surface area contributed by atoms with E-state index < -0.39 is 11.4 Å². The Morgan fingerprint density at radius 2 is 1.96 bits per heavy atom. The van der Waals surface area contributed by atoms with Crippen LogP contribution in [-0.2, 0) is 14.2 Å². The minimum absolute atomic E-state index is 0.116. The van der Waals surface area contributed by atoms with E-state index in [1.165, 1.54) is 5.57 Å². The molecule has 1 N–H and O–H groups in total. The number of fused-ring (bicyclic) bond motifs is 3. The highest BCUT2D eigenvalue weighted by molar-refractivity contribution is 5.44. The molecule has 0 aromatic carbocycles. The van der Waals surface area contributed by atoms with Gasteiger partial charge < -0.3 is 19.3 Å². The molecular weight excluding hydrogens is 328 g/mol. The molecule has 0 bridgehead atoms. The van der Waals surface area contributed by atoms with Crippen LogP contribution in [-0.4, -0.2) is 41.9 Å². The van der Waals surface area contributed by atoms with Gasteiger partial charge in [0.1, 0.15) is 16.8 Å². The zero-order valence-electron chi connectivity index (χ0n) is 16.1. The summed E-state index contributed by atoms with van der Waals surface area (Å²) < 4.78 is 18.1. The van der Waals surface area contributed by atoms with Gasteiger partial charge in [-0.3, -0.25) is 0 Å². The lowest BCUT2D eigenvalue weighted by Crippen LogP contribution is -2.54. The normalized spacial score (nSPS) is 53.4. The molecule has 3 saturated carbocycles. The molecule has 0 aromatic heterocycles. The van der Waals surface area contributed by atoms with Crippen molar-refractivity contribution in [1.29, 1.82) is 0 Å². The van der Waals surface area contributed by atoms with Gasteiger partial charge >= 0.3 is 0 Å². The van der Waals surface area contributed by atoms with Gasteiger partial charge in [0.25, 0.3) is 0 Å². The van der Waals surface area contributed by atoms with Crippen molar-refractivity contribution in [2.75, 3.05) is 14.2 Å². The van der Waals surface area contributed by atoms with Crippen molar-refractivity contribution in [3.63, 3.8) is 0 Å². The van der Waals surface area contributed by atoms with Crippen LogP contribution in [0.5, 0.6) is 0 Å². The minimum Gasteiger partial charge on any atom is -0.377 e. The van der Waals surface area contributed by atoms with E-state index in [9.17, 15) is 5.11 Å². The lowest BCUT2D eigenvalue weighted by molar-refractivity contribution is -0.229. The maximum Gasteiger partial charge on any atom is 0.170 e. The molecule has 26 heavy (non-hydrogen) atoms. The molecule has 1 heterocycles. The van der Waals surface area contributed by atoms with Crippen molar-refractivity contribution in [1.82, 2.24) is 0 Å². The Kier molecular flexibility index (Phi) is 3.28. The Balaban J connectivity index is 1.50. The zero-order valence-corrected chi connectivity index (χ0v) is 16.1. The minimum atomic E-state index is -0.968. The van der Waals surface area contributed by atoms with Gasteiger partial charge in [0.2, 0.25) is 0 Å². The van der Waals surface area contributed by atoms with Gasteiger partial charge in [-0.25, -0.2) is 0 Å². The van der Waals surface area contributed by atoms with Crippen LogP contribution < -0.4 is 0 Å². The van der Waals surface area contributed by atoms with E-state index >= 15 is 0 Å². The fourth-order valence-corrected chi connectivity index (χ4v) is 7.27. The SMILES string of the molecule is C#C[C@]1(O)CC[C@H]2[C@@H]3CC[C@@]45CC(OC)(OC)CC[C@@]4(O5)C3=CC[C@@]21C. The molecule has 5 aliphatic rings. The fraction of sp³-hybridized carbons (Fsp3) is 0.818. The van der Waals surface area contributed by atoms with Crippen molar-refractivity contribution in [3.05, 3.63) is 11.6 Å². The standard InChI is InChI=1S/C22H30O4/c1-5-19(23)10-8-16-15-6-11-20-14-21(24-3,25-4)12-13-22(20,26-20)17(15)7-9-18(16,19)2/h1,7,15-16,23H,6,8-14H2,2-4H3/t15-,16-,18-,19-,20+,22+/m0/s1. The first kappa shape index (κ1) is 17.3. The summed E-state index contributed by atoms with van der Waals surface area (Å²) in [7, 11) is 3.48. The highest BCUT2D eigenvalue weighted by atomic mass is 16.7. The number of hydrogen-bond acceptors (Lipinski definition) is 4. The maximum atomic E-state index is 11.1. The van der Waals surface area contributed by atoms with E-state index in [1.54, 1.807) is 14.2 Å². The molecule has 142 valence electrons. The van der Waals surface area contributed by atoms with E-state index in [0.717, 1.165) is 51.4 Å². The largest absolute Gasteiger partial charge is 0.377 e. The molecule has 1 aliphatic heterocycles. The van der Waals surface area contributed by atoms with Crippen molar-refractivity contribution < 1.29 is 19.3 Å². The first-order valence-corrected chi connectivity index (χ1v) is 10.0. The monoisotopic (exact) mass is 358 g/mol. The molecule has 0 amide bonds. The summed E-state index contributed by atoms with van der Waals surface area (Å²) in [6.45, 7) is 2.20. The Bertz CT molecular complexity index is 718. The van der Waals surface area contributed by atoms with Crippen LogP contribution in [0.3, 0.4) is 0 Å². The second kappa shape index (κ2) is 4.94. The molecule has 5 rings (SSSR count). The Morgan fingerprint density at radius 1 is 1.19 bits per heavy atom. The van der Waals surface area contributed by atoms with Crippen molar-refractivity contribution in [2.45, 2.75) is 80.9 Å². The van der Waals surface area contributed by atoms with E-state index in [2.05, 4.69) is 18.9 Å². The number of allylic oxidation sites excluding steroid dienone is 1. The molecule has 6 atom stereocenters. The van der Waals surface area contributed by atoms with Gasteiger partial charge in [0, 0.05) is 32.5 Å². The van der Waals surface area contributed by atoms with E-state index in [1.807, 2.05) is 0 Å². The Labute approximate surface area is 156 Å². The van der Waals surface area contributed by atoms with Gasteiger partial charge in [0.15, 0.2) is 5.79 Å². The van der Waals surface area contributed by atoms with Crippen molar-refractivity contribution in [3.8, 4) is 12.3 Å². The summed E-state index contributed by atoms with van der Waals surface area (Å²) in [5.74, 6) is 3.18. The van der Waals surface area contributed by atoms with Crippen molar-refractivity contribution >= 4 is 0 Å². The van der Waals surface area contributed by atoms with Crippen LogP contribution in [0, 0.1) is 29.6 Å². The topological polar surface area (TPSA) is 51.2 Å². The number of terminal acetylenes is 1. The summed E-state index contributed by atoms with van der Waals surface area (Å²) >= 11 is 0. The highest BCUT2D eigenvalue weighted by Crippen LogP contribution is 2.73. The van der Waals surface area contributed by atoms with Gasteiger partial charge in [-0.2, -0.15) is 0 Å². The number of hydrogen-bond donors (Lipinski definition) is 1. The molecular formula is C22H30O4. The van der Waals surface area contributed by atoms with Crippen LogP contribution in [0.25, 0.3) is 0 Å². The van der Waals surface area contributed by atoms with Crippen molar-refractivity contribution in [2.24, 2.45) is 17.3 Å². The third-order valence-corrected chi connectivity index (χ3v) is 9.00. The average Bonchev–Trinajstić information content (AvgIpc) is 3.27. The summed E-state index contributed by atoms with van der Waals surface area (Å²) in [5, 5.41) is 11.1. The van der Waals surface area contributed by atoms with Gasteiger partial charge in [-0.1, -0.05) is 18.9 Å². The number of epoxide rings is 1. The Morgan fingerprint density at radius 3 is 2.65 bits per heavy atom. The first-order valence-electron chi connectivity index (χ1n) is 10.0. The molecule has 1 saturated heterocycles. The molecule has 0 radical (unpaired) electrons. The third kappa shape index (κ3) is 1.72. The highest BCUT2D eigenvalue weighted by Gasteiger charge is 2.79. The third-order valence-electron chi connectivity index (χ3n) is 9.00. The van der Waals surface area contributed by atoms with E-state index in [4.69, 9.17) is 20.6 Å². The van der Waals surface area contributed by atoms with Gasteiger partial charge in [-0.15, -0.1) is 6.42 Å². The lowest BCUT2D eigenvalue weighted by Gasteiger charge is -2.51. The molecule has 4 heteroatoms. The quantitative estimate of drug-likeness (QED) is 0.356. The predicted molar refractivity (Wildman–Crippen MR) is 97.2 cm³/mol. The smallest absolute Gasteiger partial charge is 0.170 e. The number of aliphatic hydroxyl groups is 1. The second-order valence-electron chi connectivity index (χ2n) is 9.50. The predicted octanol–water partition coefficient (Wildman–Crippen LogP) is 3.19. The fourth-order valence-electron chi connectivity index (χ4n) is 7.27. The maximum absolute atomic E-state index is 11.1. The van der Waals surface area contributed by atoms with E-state index in [0.29, 0.717) is 11.8 Å². The summed E-state index contributed by atoms with van der Waals surface area (Å²) in [6, 6.07) is 0. The molecule has 0 aromatic rings. The van der Waals surface area contributed by atoms with Crippen LogP contribution in [0.2, 0.25) is 0 Å². The molecule has 0 unspecified atom stereocenters. The summed E-state index contributed by atoms with van der Waals surface area (Å²) in [6.07, 6.45) is 15.5. The van der Waals surface area contributed by atoms with Crippen LogP contribution in [0.15, 0.2) is 11.6 Å². The first-order chi connectivity index (χ1) is 12.3. The van der Waals surface area contributed by atoms with E-state index in [-0.39, 0.29) is 16.6 Å². The van der Waals surface area contributed by atoms with Gasteiger partial charge in [-0.05, 0) is 55.9 Å². The molecule has 4 fully saturated rings. The number of methoxy groups -OCH3 is 2. The average molecular weight is 358 g/mol.